The van der Waals surface area contributed by atoms with Gasteiger partial charge < -0.3 is 24.8 Å². The van der Waals surface area contributed by atoms with Gasteiger partial charge in [0.2, 0.25) is 0 Å². The van der Waals surface area contributed by atoms with Crippen molar-refractivity contribution in [1.82, 2.24) is 9.55 Å². The maximum Gasteiger partial charge on any atom is 0.328 e. The van der Waals surface area contributed by atoms with Gasteiger partial charge in [0.1, 0.15) is 34.5 Å². The standard InChI is InChI=1S/C22H20Cl2N2O6S/c23-15-5-4-14(8-16(15)24)31-13-3-1-2-11(7-13)6-12-9-26(22(30)25-20(12)33)21-19(29)18(28)17(10-27)32-21/h1-5,7-9,17-19,21,27-29H,6,10H2,(H,25,30,33)/t17-,18-,19-,21-/m1/s1. The molecule has 1 saturated heterocycles. The van der Waals surface area contributed by atoms with E-state index >= 15 is 0 Å². The summed E-state index contributed by atoms with van der Waals surface area (Å²) in [6.07, 6.45) is -3.05. The summed E-state index contributed by atoms with van der Waals surface area (Å²) < 4.78 is 12.7. The number of halogens is 2. The molecule has 8 nitrogen and oxygen atoms in total. The summed E-state index contributed by atoms with van der Waals surface area (Å²) in [6, 6.07) is 12.3. The molecule has 1 aliphatic heterocycles. The van der Waals surface area contributed by atoms with E-state index < -0.39 is 36.8 Å². The topological polar surface area (TPSA) is 117 Å². The highest BCUT2D eigenvalue weighted by molar-refractivity contribution is 7.71. The van der Waals surface area contributed by atoms with E-state index in [2.05, 4.69) is 4.98 Å². The molecule has 2 aromatic carbocycles. The number of rotatable bonds is 6. The second kappa shape index (κ2) is 9.94. The summed E-state index contributed by atoms with van der Waals surface area (Å²) in [4.78, 5) is 15.0. The Labute approximate surface area is 203 Å². The number of aromatic nitrogens is 2. The second-order valence-electron chi connectivity index (χ2n) is 7.55. The van der Waals surface area contributed by atoms with Crippen molar-refractivity contribution < 1.29 is 24.8 Å². The number of ether oxygens (including phenoxy) is 2. The van der Waals surface area contributed by atoms with Gasteiger partial charge in [-0.05, 0) is 29.8 Å². The molecule has 0 spiro atoms. The first-order valence-electron chi connectivity index (χ1n) is 9.95. The summed E-state index contributed by atoms with van der Waals surface area (Å²) in [5.41, 5.74) is 0.836. The molecule has 0 bridgehead atoms. The van der Waals surface area contributed by atoms with Crippen LogP contribution in [-0.2, 0) is 11.2 Å². The lowest BCUT2D eigenvalue weighted by molar-refractivity contribution is -0.0551. The van der Waals surface area contributed by atoms with Gasteiger partial charge in [-0.3, -0.25) is 9.55 Å². The molecule has 174 valence electrons. The van der Waals surface area contributed by atoms with Crippen LogP contribution in [0.3, 0.4) is 0 Å². The number of aliphatic hydroxyl groups is 3. The summed E-state index contributed by atoms with van der Waals surface area (Å²) in [7, 11) is 0. The molecule has 0 amide bonds. The summed E-state index contributed by atoms with van der Waals surface area (Å²) >= 11 is 17.3. The zero-order valence-corrected chi connectivity index (χ0v) is 19.3. The highest BCUT2D eigenvalue weighted by Crippen LogP contribution is 2.31. The van der Waals surface area contributed by atoms with E-state index in [0.29, 0.717) is 33.5 Å². The highest BCUT2D eigenvalue weighted by atomic mass is 35.5. The molecule has 2 heterocycles. The Kier molecular flexibility index (Phi) is 7.20. The normalized spacial score (nSPS) is 22.5. The lowest BCUT2D eigenvalue weighted by Gasteiger charge is -2.18. The first kappa shape index (κ1) is 23.9. The van der Waals surface area contributed by atoms with Crippen LogP contribution in [-0.4, -0.2) is 49.8 Å². The quantitative estimate of drug-likeness (QED) is 0.376. The van der Waals surface area contributed by atoms with E-state index in [9.17, 15) is 20.1 Å². The maximum atomic E-state index is 12.5. The van der Waals surface area contributed by atoms with Crippen LogP contribution in [0.15, 0.2) is 53.5 Å². The minimum Gasteiger partial charge on any atom is -0.457 e. The van der Waals surface area contributed by atoms with Gasteiger partial charge in [0.15, 0.2) is 6.23 Å². The highest BCUT2D eigenvalue weighted by Gasteiger charge is 2.43. The van der Waals surface area contributed by atoms with Gasteiger partial charge in [-0.15, -0.1) is 0 Å². The van der Waals surface area contributed by atoms with Crippen LogP contribution >= 0.6 is 35.4 Å². The largest absolute Gasteiger partial charge is 0.457 e. The number of aromatic amines is 1. The number of hydrogen-bond donors (Lipinski definition) is 4. The first-order valence-corrected chi connectivity index (χ1v) is 11.1. The molecule has 1 aromatic heterocycles. The molecule has 1 fully saturated rings. The lowest BCUT2D eigenvalue weighted by Crippen LogP contribution is -2.36. The fourth-order valence-electron chi connectivity index (χ4n) is 3.57. The maximum absolute atomic E-state index is 12.5. The predicted molar refractivity (Wildman–Crippen MR) is 125 cm³/mol. The summed E-state index contributed by atoms with van der Waals surface area (Å²) in [5, 5.41) is 30.4. The van der Waals surface area contributed by atoms with E-state index in [4.69, 9.17) is 44.9 Å². The van der Waals surface area contributed by atoms with Crippen molar-refractivity contribution in [1.29, 1.82) is 0 Å². The monoisotopic (exact) mass is 510 g/mol. The van der Waals surface area contributed by atoms with Crippen LogP contribution in [0.2, 0.25) is 10.0 Å². The first-order chi connectivity index (χ1) is 15.8. The van der Waals surface area contributed by atoms with Gasteiger partial charge in [-0.2, -0.15) is 0 Å². The lowest BCUT2D eigenvalue weighted by atomic mass is 10.1. The molecule has 0 aliphatic carbocycles. The molecule has 3 aromatic rings. The Morgan fingerprint density at radius 1 is 1.09 bits per heavy atom. The van der Waals surface area contributed by atoms with Crippen molar-refractivity contribution in [3.05, 3.63) is 85.0 Å². The van der Waals surface area contributed by atoms with Crippen LogP contribution in [0.5, 0.6) is 11.5 Å². The molecule has 0 saturated carbocycles. The number of H-pyrrole nitrogens is 1. The Morgan fingerprint density at radius 3 is 2.55 bits per heavy atom. The van der Waals surface area contributed by atoms with Crippen molar-refractivity contribution in [2.24, 2.45) is 0 Å². The third kappa shape index (κ3) is 5.15. The van der Waals surface area contributed by atoms with Crippen LogP contribution in [0.25, 0.3) is 0 Å². The summed E-state index contributed by atoms with van der Waals surface area (Å²) in [6.45, 7) is -0.495. The third-order valence-electron chi connectivity index (χ3n) is 5.25. The Balaban J connectivity index is 1.59. The fraction of sp³-hybridized carbons (Fsp3) is 0.273. The van der Waals surface area contributed by atoms with Gasteiger partial charge in [-0.1, -0.05) is 47.6 Å². The second-order valence-corrected chi connectivity index (χ2v) is 8.77. The van der Waals surface area contributed by atoms with Crippen molar-refractivity contribution in [3.63, 3.8) is 0 Å². The average molecular weight is 511 g/mol. The zero-order valence-electron chi connectivity index (χ0n) is 17.0. The number of benzene rings is 2. The van der Waals surface area contributed by atoms with Gasteiger partial charge >= 0.3 is 5.69 Å². The molecule has 4 rings (SSSR count). The number of aliphatic hydroxyl groups excluding tert-OH is 3. The fourth-order valence-corrected chi connectivity index (χ4v) is 4.07. The molecule has 11 heteroatoms. The van der Waals surface area contributed by atoms with Gasteiger partial charge in [0.25, 0.3) is 0 Å². The average Bonchev–Trinajstić information content (AvgIpc) is 3.07. The van der Waals surface area contributed by atoms with Crippen LogP contribution < -0.4 is 10.4 Å². The molecule has 0 radical (unpaired) electrons. The van der Waals surface area contributed by atoms with E-state index in [1.165, 1.54) is 6.20 Å². The summed E-state index contributed by atoms with van der Waals surface area (Å²) in [5.74, 6) is 1.09. The number of nitrogens with one attached hydrogen (secondary N) is 1. The molecular formula is C22H20Cl2N2O6S. The van der Waals surface area contributed by atoms with E-state index in [-0.39, 0.29) is 4.64 Å². The minimum absolute atomic E-state index is 0.235. The molecule has 33 heavy (non-hydrogen) atoms. The van der Waals surface area contributed by atoms with E-state index in [0.717, 1.165) is 10.1 Å². The van der Waals surface area contributed by atoms with E-state index in [1.54, 1.807) is 24.3 Å². The Hall–Kier alpha value is -2.24. The number of hydrogen-bond acceptors (Lipinski definition) is 7. The molecule has 4 atom stereocenters. The SMILES string of the molecule is O=c1[nH]c(=S)c(Cc2cccc(Oc3ccc(Cl)c(Cl)c3)c2)cn1[C@@H]1O[C@H](CO)[C@@H](O)[C@H]1O. The Bertz CT molecular complexity index is 1280. The molecule has 1 aliphatic rings. The number of nitrogens with zero attached hydrogens (tertiary/aromatic N) is 1. The Morgan fingerprint density at radius 2 is 1.85 bits per heavy atom. The molecule has 0 unspecified atom stereocenters. The smallest absolute Gasteiger partial charge is 0.328 e. The van der Waals surface area contributed by atoms with Crippen LogP contribution in [0.1, 0.15) is 17.4 Å². The van der Waals surface area contributed by atoms with Crippen molar-refractivity contribution in [2.75, 3.05) is 6.61 Å². The van der Waals surface area contributed by atoms with Gasteiger partial charge in [0.05, 0.1) is 16.7 Å². The van der Waals surface area contributed by atoms with E-state index in [1.807, 2.05) is 18.2 Å². The zero-order chi connectivity index (χ0) is 23.7. The molecular weight excluding hydrogens is 491 g/mol. The van der Waals surface area contributed by atoms with Crippen molar-refractivity contribution in [3.8, 4) is 11.5 Å². The minimum atomic E-state index is -1.39. The van der Waals surface area contributed by atoms with Crippen LogP contribution in [0, 0.1) is 4.64 Å². The third-order valence-corrected chi connectivity index (χ3v) is 6.36. The van der Waals surface area contributed by atoms with Gasteiger partial charge in [-0.25, -0.2) is 4.79 Å². The van der Waals surface area contributed by atoms with Crippen molar-refractivity contribution >= 4 is 35.4 Å². The van der Waals surface area contributed by atoms with Crippen LogP contribution in [0.4, 0.5) is 0 Å². The van der Waals surface area contributed by atoms with Gasteiger partial charge in [0, 0.05) is 24.2 Å². The molecule has 4 N–H and O–H groups in total. The predicted octanol–water partition coefficient (Wildman–Crippen LogP) is 3.21. The van der Waals surface area contributed by atoms with Crippen molar-refractivity contribution in [2.45, 2.75) is 31.0 Å².